The Morgan fingerprint density at radius 1 is 1.21 bits per heavy atom. The van der Waals surface area contributed by atoms with Gasteiger partial charge in [-0.1, -0.05) is 22.0 Å². The third-order valence-electron chi connectivity index (χ3n) is 2.79. The molecular formula is C15H14BrFO2. The molecule has 4 heteroatoms. The summed E-state index contributed by atoms with van der Waals surface area (Å²) in [5.74, 6) is 0.613. The minimum absolute atomic E-state index is 0.312. The predicted molar refractivity (Wildman–Crippen MR) is 76.0 cm³/mol. The molecule has 0 saturated carbocycles. The van der Waals surface area contributed by atoms with Crippen LogP contribution in [0.15, 0.2) is 40.9 Å². The van der Waals surface area contributed by atoms with Gasteiger partial charge in [0.15, 0.2) is 0 Å². The van der Waals surface area contributed by atoms with Gasteiger partial charge in [0.05, 0.1) is 6.10 Å². The number of halogens is 2. The molecule has 0 aromatic heterocycles. The molecule has 0 spiro atoms. The van der Waals surface area contributed by atoms with Crippen LogP contribution >= 0.6 is 15.9 Å². The maximum Gasteiger partial charge on any atom is 0.133 e. The molecule has 1 unspecified atom stereocenters. The van der Waals surface area contributed by atoms with Gasteiger partial charge in [0.1, 0.15) is 17.3 Å². The number of ether oxygens (including phenoxy) is 1. The van der Waals surface area contributed by atoms with Crippen molar-refractivity contribution in [2.75, 3.05) is 0 Å². The Kier molecular flexibility index (Phi) is 4.22. The molecule has 0 aliphatic heterocycles. The molecule has 1 atom stereocenters. The average molecular weight is 325 g/mol. The van der Waals surface area contributed by atoms with Crippen LogP contribution in [0.25, 0.3) is 0 Å². The number of aliphatic hydroxyl groups excluding tert-OH is 1. The summed E-state index contributed by atoms with van der Waals surface area (Å²) in [6.45, 7) is 3.35. The highest BCUT2D eigenvalue weighted by Gasteiger charge is 2.11. The summed E-state index contributed by atoms with van der Waals surface area (Å²) < 4.78 is 20.0. The average Bonchev–Trinajstić information content (AvgIpc) is 2.36. The van der Waals surface area contributed by atoms with Gasteiger partial charge in [-0.05, 0) is 43.7 Å². The maximum atomic E-state index is 13.5. The second-order valence-corrected chi connectivity index (χ2v) is 5.29. The quantitative estimate of drug-likeness (QED) is 0.883. The molecule has 0 radical (unpaired) electrons. The van der Waals surface area contributed by atoms with Crippen molar-refractivity contribution in [2.45, 2.75) is 20.0 Å². The first-order chi connectivity index (χ1) is 8.97. The molecule has 0 aliphatic rings. The minimum atomic E-state index is -0.664. The lowest BCUT2D eigenvalue weighted by molar-refractivity contribution is 0.195. The first-order valence-corrected chi connectivity index (χ1v) is 6.68. The van der Waals surface area contributed by atoms with Crippen LogP contribution in [-0.2, 0) is 0 Å². The van der Waals surface area contributed by atoms with Gasteiger partial charge in [-0.2, -0.15) is 0 Å². The van der Waals surface area contributed by atoms with Crippen molar-refractivity contribution in [2.24, 2.45) is 0 Å². The van der Waals surface area contributed by atoms with E-state index in [2.05, 4.69) is 15.9 Å². The molecule has 100 valence electrons. The van der Waals surface area contributed by atoms with Gasteiger partial charge in [0, 0.05) is 16.1 Å². The highest BCUT2D eigenvalue weighted by atomic mass is 79.9. The van der Waals surface area contributed by atoms with Crippen molar-refractivity contribution in [3.05, 3.63) is 57.8 Å². The zero-order chi connectivity index (χ0) is 14.0. The van der Waals surface area contributed by atoms with Gasteiger partial charge in [-0.15, -0.1) is 0 Å². The van der Waals surface area contributed by atoms with Gasteiger partial charge in [-0.25, -0.2) is 4.39 Å². The molecule has 2 aromatic rings. The lowest BCUT2D eigenvalue weighted by atomic mass is 10.1. The molecule has 19 heavy (non-hydrogen) atoms. The van der Waals surface area contributed by atoms with E-state index in [1.165, 1.54) is 6.07 Å². The van der Waals surface area contributed by atoms with Crippen LogP contribution < -0.4 is 4.74 Å². The van der Waals surface area contributed by atoms with E-state index in [1.807, 2.05) is 6.07 Å². The first-order valence-electron chi connectivity index (χ1n) is 5.89. The summed E-state index contributed by atoms with van der Waals surface area (Å²) >= 11 is 3.34. The molecule has 2 rings (SSSR count). The van der Waals surface area contributed by atoms with Crippen molar-refractivity contribution in [3.8, 4) is 11.5 Å². The Bertz CT molecular complexity index is 597. The highest BCUT2D eigenvalue weighted by molar-refractivity contribution is 9.10. The fraction of sp³-hybridized carbons (Fsp3) is 0.200. The van der Waals surface area contributed by atoms with Crippen LogP contribution in [0.3, 0.4) is 0 Å². The van der Waals surface area contributed by atoms with E-state index in [4.69, 9.17) is 4.74 Å². The predicted octanol–water partition coefficient (Wildman–Crippen LogP) is 4.74. The Morgan fingerprint density at radius 3 is 2.58 bits per heavy atom. The van der Waals surface area contributed by atoms with Crippen molar-refractivity contribution in [1.82, 2.24) is 0 Å². The number of aryl methyl sites for hydroxylation is 1. The summed E-state index contributed by atoms with van der Waals surface area (Å²) in [6, 6.07) is 10.0. The van der Waals surface area contributed by atoms with Crippen molar-refractivity contribution in [3.63, 3.8) is 0 Å². The number of aliphatic hydroxyl groups is 1. The fourth-order valence-electron chi connectivity index (χ4n) is 1.70. The van der Waals surface area contributed by atoms with Crippen molar-refractivity contribution in [1.29, 1.82) is 0 Å². The second kappa shape index (κ2) is 5.72. The van der Waals surface area contributed by atoms with Gasteiger partial charge in [0.25, 0.3) is 0 Å². The van der Waals surface area contributed by atoms with E-state index in [-0.39, 0.29) is 5.82 Å². The molecule has 0 amide bonds. The zero-order valence-corrected chi connectivity index (χ0v) is 12.2. The maximum absolute atomic E-state index is 13.5. The van der Waals surface area contributed by atoms with Crippen LogP contribution in [0.1, 0.15) is 24.2 Å². The SMILES string of the molecule is Cc1ccc(Oc2ccc(Br)cc2C(C)O)cc1F. The van der Waals surface area contributed by atoms with E-state index in [0.29, 0.717) is 22.6 Å². The molecule has 0 heterocycles. The van der Waals surface area contributed by atoms with Crippen LogP contribution in [-0.4, -0.2) is 5.11 Å². The Morgan fingerprint density at radius 2 is 1.95 bits per heavy atom. The molecular weight excluding hydrogens is 311 g/mol. The van der Waals surface area contributed by atoms with Gasteiger partial charge >= 0.3 is 0 Å². The summed E-state index contributed by atoms with van der Waals surface area (Å²) in [5.41, 5.74) is 1.22. The lowest BCUT2D eigenvalue weighted by Gasteiger charge is -2.14. The monoisotopic (exact) mass is 324 g/mol. The Hall–Kier alpha value is -1.39. The summed E-state index contributed by atoms with van der Waals surface area (Å²) in [4.78, 5) is 0. The number of hydrogen-bond acceptors (Lipinski definition) is 2. The van der Waals surface area contributed by atoms with Gasteiger partial charge < -0.3 is 9.84 Å². The Labute approximate surface area is 120 Å². The number of rotatable bonds is 3. The molecule has 2 nitrogen and oxygen atoms in total. The van der Waals surface area contributed by atoms with Crippen LogP contribution in [0, 0.1) is 12.7 Å². The largest absolute Gasteiger partial charge is 0.457 e. The van der Waals surface area contributed by atoms with E-state index in [9.17, 15) is 9.50 Å². The molecule has 0 aliphatic carbocycles. The van der Waals surface area contributed by atoms with E-state index >= 15 is 0 Å². The molecule has 1 N–H and O–H groups in total. The lowest BCUT2D eigenvalue weighted by Crippen LogP contribution is -1.96. The summed E-state index contributed by atoms with van der Waals surface area (Å²) in [7, 11) is 0. The molecule has 0 bridgehead atoms. The van der Waals surface area contributed by atoms with Crippen LogP contribution in [0.4, 0.5) is 4.39 Å². The summed E-state index contributed by atoms with van der Waals surface area (Å²) in [6.07, 6.45) is -0.664. The topological polar surface area (TPSA) is 29.5 Å². The standard InChI is InChI=1S/C15H14BrFO2/c1-9-3-5-12(8-14(9)17)19-15-6-4-11(16)7-13(15)10(2)18/h3-8,10,18H,1-2H3. The minimum Gasteiger partial charge on any atom is -0.457 e. The van der Waals surface area contributed by atoms with Gasteiger partial charge in [-0.3, -0.25) is 0 Å². The van der Waals surface area contributed by atoms with Gasteiger partial charge in [0.2, 0.25) is 0 Å². The first kappa shape index (κ1) is 14.0. The highest BCUT2D eigenvalue weighted by Crippen LogP contribution is 2.32. The fourth-order valence-corrected chi connectivity index (χ4v) is 2.08. The third kappa shape index (κ3) is 3.33. The van der Waals surface area contributed by atoms with E-state index in [0.717, 1.165) is 4.47 Å². The molecule has 2 aromatic carbocycles. The molecule has 0 fully saturated rings. The number of hydrogen-bond donors (Lipinski definition) is 1. The Balaban J connectivity index is 2.35. The van der Waals surface area contributed by atoms with E-state index in [1.54, 1.807) is 38.1 Å². The normalized spacial score (nSPS) is 12.3. The van der Waals surface area contributed by atoms with Crippen molar-refractivity contribution >= 4 is 15.9 Å². The van der Waals surface area contributed by atoms with Crippen molar-refractivity contribution < 1.29 is 14.2 Å². The second-order valence-electron chi connectivity index (χ2n) is 4.37. The molecule has 0 saturated heterocycles. The van der Waals surface area contributed by atoms with Crippen LogP contribution in [0.2, 0.25) is 0 Å². The van der Waals surface area contributed by atoms with Crippen LogP contribution in [0.5, 0.6) is 11.5 Å². The smallest absolute Gasteiger partial charge is 0.133 e. The summed E-state index contributed by atoms with van der Waals surface area (Å²) in [5, 5.41) is 9.73. The third-order valence-corrected chi connectivity index (χ3v) is 3.29. The van der Waals surface area contributed by atoms with E-state index < -0.39 is 6.10 Å². The zero-order valence-electron chi connectivity index (χ0n) is 10.7. The number of benzene rings is 2.